The second kappa shape index (κ2) is 10.5. The number of rotatable bonds is 10. The molecule has 0 unspecified atom stereocenters. The molecule has 0 saturated carbocycles. The third-order valence-electron chi connectivity index (χ3n) is 3.97. The lowest BCUT2D eigenvalue weighted by molar-refractivity contribution is -0.384. The average Bonchev–Trinajstić information content (AvgIpc) is 2.59. The summed E-state index contributed by atoms with van der Waals surface area (Å²) in [6.07, 6.45) is 4.68. The van der Waals surface area contributed by atoms with E-state index < -0.39 is 10.9 Å². The first-order valence-corrected chi connectivity index (χ1v) is 8.33. The summed E-state index contributed by atoms with van der Waals surface area (Å²) >= 11 is 0. The van der Waals surface area contributed by atoms with Gasteiger partial charge in [0.25, 0.3) is 5.69 Å². The molecule has 1 rings (SSSR count). The van der Waals surface area contributed by atoms with Crippen LogP contribution >= 0.6 is 0 Å². The van der Waals surface area contributed by atoms with Crippen molar-refractivity contribution >= 4 is 23.4 Å². The number of methoxy groups -OCH3 is 1. The molecular weight excluding hydrogens is 322 g/mol. The number of nitrogens with zero attached hydrogens (tertiary/aromatic N) is 2. The molecule has 138 valence electrons. The number of unbranched alkanes of at least 4 members (excludes halogenated alkanes) is 1. The van der Waals surface area contributed by atoms with Crippen molar-refractivity contribution in [2.75, 3.05) is 32.6 Å². The number of carbonyl (C=O) groups is 1. The maximum Gasteiger partial charge on any atom is 0.330 e. The minimum Gasteiger partial charge on any atom is -0.466 e. The fourth-order valence-corrected chi connectivity index (χ4v) is 2.15. The Morgan fingerprint density at radius 3 is 2.72 bits per heavy atom. The topological polar surface area (TPSA) is 84.7 Å². The first-order chi connectivity index (χ1) is 11.8. The Kier molecular flexibility index (Phi) is 8.63. The Bertz CT molecular complexity index is 614. The van der Waals surface area contributed by atoms with Crippen LogP contribution in [0.5, 0.6) is 0 Å². The second-order valence-corrected chi connectivity index (χ2v) is 6.10. The van der Waals surface area contributed by atoms with Gasteiger partial charge in [-0.3, -0.25) is 10.1 Å². The number of nitrogens with one attached hydrogen (secondary N) is 1. The van der Waals surface area contributed by atoms with Crippen molar-refractivity contribution in [3.05, 3.63) is 40.0 Å². The van der Waals surface area contributed by atoms with Gasteiger partial charge in [0.15, 0.2) is 0 Å². The summed E-state index contributed by atoms with van der Waals surface area (Å²) in [5.41, 5.74) is 1.05. The summed E-state index contributed by atoms with van der Waals surface area (Å²) in [5, 5.41) is 14.4. The molecule has 1 aromatic rings. The smallest absolute Gasteiger partial charge is 0.330 e. The highest BCUT2D eigenvalue weighted by Crippen LogP contribution is 2.26. The van der Waals surface area contributed by atoms with Gasteiger partial charge in [-0.2, -0.15) is 0 Å². The molecule has 0 amide bonds. The highest BCUT2D eigenvalue weighted by atomic mass is 16.6. The van der Waals surface area contributed by atoms with E-state index in [4.69, 9.17) is 0 Å². The normalized spacial score (nSPS) is 11.3. The van der Waals surface area contributed by atoms with E-state index in [1.54, 1.807) is 12.1 Å². The number of nitro groups is 1. The number of hydrogen-bond donors (Lipinski definition) is 1. The zero-order valence-electron chi connectivity index (χ0n) is 15.3. The molecule has 0 radical (unpaired) electrons. The lowest BCUT2D eigenvalue weighted by Gasteiger charge is -2.20. The number of ether oxygens (including phenoxy) is 1. The molecule has 1 N–H and O–H groups in total. The van der Waals surface area contributed by atoms with Gasteiger partial charge in [0, 0.05) is 24.7 Å². The van der Waals surface area contributed by atoms with Gasteiger partial charge >= 0.3 is 5.97 Å². The molecular formula is C18H27N3O4. The predicted molar refractivity (Wildman–Crippen MR) is 99.6 cm³/mol. The highest BCUT2D eigenvalue weighted by Gasteiger charge is 2.13. The van der Waals surface area contributed by atoms with Crippen molar-refractivity contribution in [2.45, 2.75) is 32.7 Å². The van der Waals surface area contributed by atoms with Crippen LogP contribution in [0.15, 0.2) is 24.3 Å². The summed E-state index contributed by atoms with van der Waals surface area (Å²) in [6, 6.07) is 5.34. The van der Waals surface area contributed by atoms with Crippen LogP contribution in [0.3, 0.4) is 0 Å². The van der Waals surface area contributed by atoms with Gasteiger partial charge in [0.1, 0.15) is 5.69 Å². The van der Waals surface area contributed by atoms with Gasteiger partial charge in [-0.15, -0.1) is 0 Å². The van der Waals surface area contributed by atoms with Crippen molar-refractivity contribution in [1.82, 2.24) is 4.90 Å². The quantitative estimate of drug-likeness (QED) is 0.229. The second-order valence-electron chi connectivity index (χ2n) is 6.10. The first kappa shape index (κ1) is 20.6. The first-order valence-electron chi connectivity index (χ1n) is 8.33. The van der Waals surface area contributed by atoms with Gasteiger partial charge < -0.3 is 15.0 Å². The zero-order valence-corrected chi connectivity index (χ0v) is 15.3. The number of anilines is 1. The molecule has 1 aromatic carbocycles. The number of benzene rings is 1. The molecule has 0 aliphatic rings. The largest absolute Gasteiger partial charge is 0.466 e. The molecule has 0 aliphatic carbocycles. The van der Waals surface area contributed by atoms with Gasteiger partial charge in [0.05, 0.1) is 12.0 Å². The van der Waals surface area contributed by atoms with Crippen molar-refractivity contribution < 1.29 is 14.5 Å². The summed E-state index contributed by atoms with van der Waals surface area (Å²) in [4.78, 5) is 24.2. The SMILES string of the molecule is COC(=O)/C=C/c1ccc(NCCCCN(C)C(C)C)c([N+](=O)[O-])c1. The monoisotopic (exact) mass is 349 g/mol. The molecule has 0 atom stereocenters. The molecule has 0 saturated heterocycles. The summed E-state index contributed by atoms with van der Waals surface area (Å²) in [7, 11) is 3.37. The molecule has 0 spiro atoms. The maximum absolute atomic E-state index is 11.3. The third-order valence-corrected chi connectivity index (χ3v) is 3.97. The van der Waals surface area contributed by atoms with E-state index in [-0.39, 0.29) is 5.69 Å². The van der Waals surface area contributed by atoms with E-state index >= 15 is 0 Å². The fourth-order valence-electron chi connectivity index (χ4n) is 2.15. The van der Waals surface area contributed by atoms with Crippen LogP contribution in [0, 0.1) is 10.1 Å². The van der Waals surface area contributed by atoms with E-state index in [2.05, 4.69) is 35.8 Å². The van der Waals surface area contributed by atoms with Gasteiger partial charge in [-0.05, 0) is 58.0 Å². The molecule has 0 aromatic heterocycles. The molecule has 25 heavy (non-hydrogen) atoms. The molecule has 7 heteroatoms. The minimum atomic E-state index is -0.503. The zero-order chi connectivity index (χ0) is 18.8. The minimum absolute atomic E-state index is 0.00804. The van der Waals surface area contributed by atoms with Crippen molar-refractivity contribution in [1.29, 1.82) is 0 Å². The van der Waals surface area contributed by atoms with Crippen LogP contribution in [-0.2, 0) is 9.53 Å². The lowest BCUT2D eigenvalue weighted by Crippen LogP contribution is -2.27. The lowest BCUT2D eigenvalue weighted by atomic mass is 10.1. The van der Waals surface area contributed by atoms with E-state index in [0.29, 0.717) is 23.8 Å². The highest BCUT2D eigenvalue weighted by molar-refractivity contribution is 5.87. The third kappa shape index (κ3) is 7.34. The van der Waals surface area contributed by atoms with Crippen molar-refractivity contribution in [3.8, 4) is 0 Å². The summed E-state index contributed by atoms with van der Waals surface area (Å²) in [5.74, 6) is -0.503. The molecule has 0 heterocycles. The molecule has 0 fully saturated rings. The van der Waals surface area contributed by atoms with Crippen LogP contribution in [0.25, 0.3) is 6.08 Å². The van der Waals surface area contributed by atoms with Crippen LogP contribution in [0.4, 0.5) is 11.4 Å². The number of esters is 1. The molecule has 7 nitrogen and oxygen atoms in total. The van der Waals surface area contributed by atoms with Crippen molar-refractivity contribution in [2.24, 2.45) is 0 Å². The van der Waals surface area contributed by atoms with E-state index in [0.717, 1.165) is 19.4 Å². The molecule has 0 aliphatic heterocycles. The van der Waals surface area contributed by atoms with Crippen LogP contribution in [0.1, 0.15) is 32.3 Å². The average molecular weight is 349 g/mol. The van der Waals surface area contributed by atoms with Crippen LogP contribution in [0.2, 0.25) is 0 Å². The van der Waals surface area contributed by atoms with Gasteiger partial charge in [-0.1, -0.05) is 6.07 Å². The van der Waals surface area contributed by atoms with Gasteiger partial charge in [-0.25, -0.2) is 4.79 Å². The van der Waals surface area contributed by atoms with Crippen molar-refractivity contribution in [3.63, 3.8) is 0 Å². The van der Waals surface area contributed by atoms with Gasteiger partial charge in [0.2, 0.25) is 0 Å². The Hall–Kier alpha value is -2.41. The van der Waals surface area contributed by atoms with E-state index in [1.807, 2.05) is 0 Å². The predicted octanol–water partition coefficient (Wildman–Crippen LogP) is 3.31. The Morgan fingerprint density at radius 1 is 1.40 bits per heavy atom. The fraction of sp³-hybridized carbons (Fsp3) is 0.500. The molecule has 0 bridgehead atoms. The van der Waals surface area contributed by atoms with Crippen LogP contribution in [-0.4, -0.2) is 49.1 Å². The Balaban J connectivity index is 2.63. The van der Waals surface area contributed by atoms with Crippen LogP contribution < -0.4 is 5.32 Å². The summed E-state index contributed by atoms with van der Waals surface area (Å²) < 4.78 is 4.51. The van der Waals surface area contributed by atoms with E-state index in [1.165, 1.54) is 25.3 Å². The number of carbonyl (C=O) groups excluding carboxylic acids is 1. The standard InChI is InChI=1S/C18H27N3O4/c1-14(2)20(3)12-6-5-11-19-16-9-7-15(8-10-18(22)25-4)13-17(16)21(23)24/h7-10,13-14,19H,5-6,11-12H2,1-4H3/b10-8+. The maximum atomic E-state index is 11.3. The van der Waals surface area contributed by atoms with E-state index in [9.17, 15) is 14.9 Å². The number of hydrogen-bond acceptors (Lipinski definition) is 6. The number of nitro benzene ring substituents is 1. The summed E-state index contributed by atoms with van der Waals surface area (Å²) in [6.45, 7) is 5.97. The Labute approximate surface area is 148 Å². The Morgan fingerprint density at radius 2 is 2.12 bits per heavy atom.